The van der Waals surface area contributed by atoms with Crippen LogP contribution in [0.3, 0.4) is 0 Å². The quantitative estimate of drug-likeness (QED) is 0.518. The number of nitrogens with zero attached hydrogens (tertiary/aromatic N) is 1. The maximum Gasteiger partial charge on any atom is 0.230 e. The number of thiazole rings is 1. The van der Waals surface area contributed by atoms with E-state index in [9.17, 15) is 9.59 Å². The molecule has 0 atom stereocenters. The molecule has 0 saturated carbocycles. The van der Waals surface area contributed by atoms with E-state index in [4.69, 9.17) is 14.2 Å². The van der Waals surface area contributed by atoms with E-state index >= 15 is 0 Å². The number of hydrogen-bond acceptors (Lipinski definition) is 7. The summed E-state index contributed by atoms with van der Waals surface area (Å²) in [6, 6.07) is 10.6. The van der Waals surface area contributed by atoms with Crippen molar-refractivity contribution in [2.24, 2.45) is 0 Å². The molecule has 0 saturated heterocycles. The molecule has 31 heavy (non-hydrogen) atoms. The molecule has 3 aromatic rings. The van der Waals surface area contributed by atoms with Gasteiger partial charge in [0.2, 0.25) is 5.91 Å². The predicted molar refractivity (Wildman–Crippen MR) is 121 cm³/mol. The smallest absolute Gasteiger partial charge is 0.230 e. The molecule has 2 aromatic carbocycles. The molecular weight excluding hydrogens is 416 g/mol. The Morgan fingerprint density at radius 1 is 0.968 bits per heavy atom. The number of carbonyl (C=O) groups is 2. The van der Waals surface area contributed by atoms with Crippen LogP contribution in [-0.4, -0.2) is 38.0 Å². The Morgan fingerprint density at radius 2 is 1.65 bits per heavy atom. The Labute approximate surface area is 185 Å². The molecule has 0 spiro atoms. The average molecular weight is 441 g/mol. The van der Waals surface area contributed by atoms with Crippen LogP contribution < -0.4 is 19.5 Å². The highest BCUT2D eigenvalue weighted by molar-refractivity contribution is 7.16. The summed E-state index contributed by atoms with van der Waals surface area (Å²) in [5.41, 5.74) is 2.80. The van der Waals surface area contributed by atoms with Crippen molar-refractivity contribution in [1.82, 2.24) is 4.98 Å². The summed E-state index contributed by atoms with van der Waals surface area (Å²) in [6.45, 7) is 3.43. The van der Waals surface area contributed by atoms with Crippen LogP contribution in [0.25, 0.3) is 11.3 Å². The largest absolute Gasteiger partial charge is 0.496 e. The number of aromatic nitrogens is 1. The van der Waals surface area contributed by atoms with Gasteiger partial charge in [0.15, 0.2) is 22.4 Å². The minimum atomic E-state index is -0.244. The van der Waals surface area contributed by atoms with E-state index in [0.29, 0.717) is 33.5 Å². The van der Waals surface area contributed by atoms with Gasteiger partial charge < -0.3 is 19.5 Å². The number of carbonyl (C=O) groups excluding carboxylic acids is 2. The fourth-order valence-electron chi connectivity index (χ4n) is 3.17. The lowest BCUT2D eigenvalue weighted by molar-refractivity contribution is -0.115. The van der Waals surface area contributed by atoms with Crippen LogP contribution in [0.15, 0.2) is 36.4 Å². The molecule has 0 aliphatic carbocycles. The molecule has 0 aliphatic rings. The van der Waals surface area contributed by atoms with Gasteiger partial charge >= 0.3 is 0 Å². The number of amides is 1. The first-order chi connectivity index (χ1) is 14.9. The summed E-state index contributed by atoms with van der Waals surface area (Å²) < 4.78 is 16.0. The minimum Gasteiger partial charge on any atom is -0.496 e. The lowest BCUT2D eigenvalue weighted by Crippen LogP contribution is -2.15. The zero-order valence-electron chi connectivity index (χ0n) is 18.1. The van der Waals surface area contributed by atoms with E-state index in [0.717, 1.165) is 16.1 Å². The standard InChI is InChI=1S/C23H24N2O5S/c1-13(26)15-6-8-18(28-3)17(10-15)12-21(27)24-23-25-22(14(2)31-23)16-7-9-19(29-4)20(11-16)30-5/h6-11H,12H2,1-5H3,(H,24,25,27). The van der Waals surface area contributed by atoms with E-state index in [-0.39, 0.29) is 18.1 Å². The molecule has 1 amide bonds. The normalized spacial score (nSPS) is 10.5. The summed E-state index contributed by atoms with van der Waals surface area (Å²) in [5.74, 6) is 1.48. The third-order valence-corrected chi connectivity index (χ3v) is 5.62. The highest BCUT2D eigenvalue weighted by Crippen LogP contribution is 2.36. The first-order valence-electron chi connectivity index (χ1n) is 9.53. The molecular formula is C23H24N2O5S. The lowest BCUT2D eigenvalue weighted by Gasteiger charge is -2.09. The van der Waals surface area contributed by atoms with Gasteiger partial charge in [0, 0.05) is 21.6 Å². The van der Waals surface area contributed by atoms with Crippen molar-refractivity contribution in [3.63, 3.8) is 0 Å². The van der Waals surface area contributed by atoms with Crippen molar-refractivity contribution in [1.29, 1.82) is 0 Å². The highest BCUT2D eigenvalue weighted by atomic mass is 32.1. The fourth-order valence-corrected chi connectivity index (χ4v) is 4.03. The van der Waals surface area contributed by atoms with Crippen LogP contribution in [-0.2, 0) is 11.2 Å². The number of methoxy groups -OCH3 is 3. The van der Waals surface area contributed by atoms with Gasteiger partial charge in [-0.25, -0.2) is 4.98 Å². The highest BCUT2D eigenvalue weighted by Gasteiger charge is 2.16. The monoisotopic (exact) mass is 440 g/mol. The van der Waals surface area contributed by atoms with Crippen LogP contribution in [0.5, 0.6) is 17.2 Å². The van der Waals surface area contributed by atoms with Crippen LogP contribution in [0.2, 0.25) is 0 Å². The number of aryl methyl sites for hydroxylation is 1. The van der Waals surface area contributed by atoms with Crippen LogP contribution >= 0.6 is 11.3 Å². The number of nitrogens with one attached hydrogen (secondary N) is 1. The molecule has 1 heterocycles. The van der Waals surface area contributed by atoms with Crippen molar-refractivity contribution >= 4 is 28.2 Å². The number of benzene rings is 2. The molecule has 162 valence electrons. The van der Waals surface area contributed by atoms with E-state index in [1.165, 1.54) is 25.4 Å². The third kappa shape index (κ3) is 5.03. The summed E-state index contributed by atoms with van der Waals surface area (Å²) in [4.78, 5) is 29.9. The van der Waals surface area contributed by atoms with E-state index in [2.05, 4.69) is 10.3 Å². The first kappa shape index (κ1) is 22.3. The molecule has 0 unspecified atom stereocenters. The maximum absolute atomic E-state index is 12.7. The second-order valence-corrected chi connectivity index (χ2v) is 8.00. The Bertz CT molecular complexity index is 1120. The second kappa shape index (κ2) is 9.61. The van der Waals surface area contributed by atoms with E-state index in [1.54, 1.807) is 32.4 Å². The number of ether oxygens (including phenoxy) is 3. The van der Waals surface area contributed by atoms with Gasteiger partial charge in [0.05, 0.1) is 33.4 Å². The van der Waals surface area contributed by atoms with Gasteiger partial charge in [-0.1, -0.05) is 0 Å². The molecule has 0 fully saturated rings. The Morgan fingerprint density at radius 3 is 2.29 bits per heavy atom. The van der Waals surface area contributed by atoms with Crippen molar-refractivity contribution in [3.05, 3.63) is 52.4 Å². The molecule has 0 radical (unpaired) electrons. The topological polar surface area (TPSA) is 86.8 Å². The molecule has 1 N–H and O–H groups in total. The van der Waals surface area contributed by atoms with Gasteiger partial charge in [-0.3, -0.25) is 9.59 Å². The maximum atomic E-state index is 12.7. The van der Waals surface area contributed by atoms with Gasteiger partial charge in [-0.05, 0) is 50.2 Å². The predicted octanol–water partition coefficient (Wildman–Crippen LogP) is 4.53. The lowest BCUT2D eigenvalue weighted by atomic mass is 10.0. The molecule has 0 aliphatic heterocycles. The number of rotatable bonds is 8. The summed E-state index contributed by atoms with van der Waals surface area (Å²) in [6.07, 6.45) is 0.0641. The number of Topliss-reactive ketones (excluding diaryl/α,β-unsaturated/α-hetero) is 1. The zero-order chi connectivity index (χ0) is 22.5. The summed E-state index contributed by atoms with van der Waals surface area (Å²) in [7, 11) is 4.70. The van der Waals surface area contributed by atoms with E-state index < -0.39 is 0 Å². The van der Waals surface area contributed by atoms with Crippen LogP contribution in [0, 0.1) is 6.92 Å². The number of hydrogen-bond donors (Lipinski definition) is 1. The van der Waals surface area contributed by atoms with E-state index in [1.807, 2.05) is 25.1 Å². The number of anilines is 1. The summed E-state index contributed by atoms with van der Waals surface area (Å²) in [5, 5.41) is 3.34. The van der Waals surface area contributed by atoms with Gasteiger partial charge in [-0.2, -0.15) is 0 Å². The fraction of sp³-hybridized carbons (Fsp3) is 0.261. The Kier molecular flexibility index (Phi) is 6.91. The Hall–Kier alpha value is -3.39. The Balaban J connectivity index is 1.80. The van der Waals surface area contributed by atoms with Crippen molar-refractivity contribution in [2.45, 2.75) is 20.3 Å². The molecule has 3 rings (SSSR count). The van der Waals surface area contributed by atoms with Crippen LogP contribution in [0.1, 0.15) is 27.7 Å². The first-order valence-corrected chi connectivity index (χ1v) is 10.4. The molecule has 1 aromatic heterocycles. The third-order valence-electron chi connectivity index (χ3n) is 4.74. The van der Waals surface area contributed by atoms with Crippen molar-refractivity contribution in [3.8, 4) is 28.5 Å². The average Bonchev–Trinajstić information content (AvgIpc) is 3.12. The SMILES string of the molecule is COc1ccc(C(C)=O)cc1CC(=O)Nc1nc(-c2ccc(OC)c(OC)c2)c(C)s1. The van der Waals surface area contributed by atoms with Crippen LogP contribution in [0.4, 0.5) is 5.13 Å². The van der Waals surface area contributed by atoms with Gasteiger partial charge in [0.1, 0.15) is 5.75 Å². The van der Waals surface area contributed by atoms with Gasteiger partial charge in [0.25, 0.3) is 0 Å². The minimum absolute atomic E-state index is 0.0641. The second-order valence-electron chi connectivity index (χ2n) is 6.80. The van der Waals surface area contributed by atoms with Crippen molar-refractivity contribution in [2.75, 3.05) is 26.6 Å². The molecule has 7 nitrogen and oxygen atoms in total. The zero-order valence-corrected chi connectivity index (χ0v) is 18.9. The summed E-state index contributed by atoms with van der Waals surface area (Å²) >= 11 is 1.39. The number of ketones is 1. The van der Waals surface area contributed by atoms with Crippen molar-refractivity contribution < 1.29 is 23.8 Å². The molecule has 8 heteroatoms. The molecule has 0 bridgehead atoms. The van der Waals surface area contributed by atoms with Gasteiger partial charge in [-0.15, -0.1) is 11.3 Å².